The summed E-state index contributed by atoms with van der Waals surface area (Å²) in [6.07, 6.45) is 2.40. The van der Waals surface area contributed by atoms with Gasteiger partial charge in [0.1, 0.15) is 6.10 Å². The monoisotopic (exact) mass is 351 g/mol. The molecule has 0 radical (unpaired) electrons. The van der Waals surface area contributed by atoms with E-state index >= 15 is 0 Å². The molecule has 0 spiro atoms. The Kier molecular flexibility index (Phi) is 6.45. The molecule has 1 heterocycles. The molecule has 2 unspecified atom stereocenters. The second kappa shape index (κ2) is 9.00. The first-order valence-corrected chi connectivity index (χ1v) is 9.63. The van der Waals surface area contributed by atoms with Gasteiger partial charge in [-0.2, -0.15) is 0 Å². The first-order chi connectivity index (χ1) is 12.6. The number of hydrogen-bond acceptors (Lipinski definition) is 3. The molecule has 138 valence electrons. The molecule has 1 aliphatic rings. The Hall–Kier alpha value is -2.13. The smallest absolute Gasteiger partial charge is 0.306 e. The van der Waals surface area contributed by atoms with E-state index in [9.17, 15) is 4.79 Å². The molecule has 3 nitrogen and oxygen atoms in total. The van der Waals surface area contributed by atoms with Gasteiger partial charge in [0, 0.05) is 25.6 Å². The van der Waals surface area contributed by atoms with Gasteiger partial charge in [-0.05, 0) is 29.9 Å². The van der Waals surface area contributed by atoms with Crippen molar-refractivity contribution < 1.29 is 9.53 Å². The molecule has 0 aliphatic carbocycles. The lowest BCUT2D eigenvalue weighted by atomic mass is 9.95. The zero-order valence-electron chi connectivity index (χ0n) is 15.8. The quantitative estimate of drug-likeness (QED) is 0.639. The molecule has 0 amide bonds. The van der Waals surface area contributed by atoms with Gasteiger partial charge < -0.3 is 4.74 Å². The molecule has 2 aromatic carbocycles. The fraction of sp³-hybridized carbons (Fsp3) is 0.435. The highest BCUT2D eigenvalue weighted by Gasteiger charge is 2.35. The summed E-state index contributed by atoms with van der Waals surface area (Å²) in [5.41, 5.74) is 2.59. The lowest BCUT2D eigenvalue weighted by molar-refractivity contribution is -0.144. The molecule has 1 saturated heterocycles. The van der Waals surface area contributed by atoms with Crippen molar-refractivity contribution in [3.8, 4) is 0 Å². The summed E-state index contributed by atoms with van der Waals surface area (Å²) in [4.78, 5) is 14.2. The van der Waals surface area contributed by atoms with Gasteiger partial charge in [0.05, 0.1) is 0 Å². The lowest BCUT2D eigenvalue weighted by Crippen LogP contribution is -2.43. The zero-order chi connectivity index (χ0) is 18.4. The SMILES string of the molecule is CC(C)CC(C1CCC(=O)O1)N(Cc1ccccc1)Cc1ccccc1. The minimum absolute atomic E-state index is 0.00248. The zero-order valence-corrected chi connectivity index (χ0v) is 15.8. The van der Waals surface area contributed by atoms with E-state index in [-0.39, 0.29) is 18.1 Å². The van der Waals surface area contributed by atoms with Gasteiger partial charge in [0.15, 0.2) is 0 Å². The van der Waals surface area contributed by atoms with Crippen LogP contribution in [0.15, 0.2) is 60.7 Å². The van der Waals surface area contributed by atoms with E-state index in [1.165, 1.54) is 11.1 Å². The molecule has 0 saturated carbocycles. The van der Waals surface area contributed by atoms with E-state index in [4.69, 9.17) is 4.74 Å². The highest BCUT2D eigenvalue weighted by atomic mass is 16.6. The molecule has 2 aromatic rings. The highest BCUT2D eigenvalue weighted by Crippen LogP contribution is 2.28. The van der Waals surface area contributed by atoms with Gasteiger partial charge in [-0.25, -0.2) is 0 Å². The number of rotatable bonds is 8. The maximum atomic E-state index is 11.7. The molecule has 0 aromatic heterocycles. The number of benzene rings is 2. The number of ether oxygens (including phenoxy) is 1. The molecule has 26 heavy (non-hydrogen) atoms. The minimum Gasteiger partial charge on any atom is -0.461 e. The average Bonchev–Trinajstić information content (AvgIpc) is 3.07. The van der Waals surface area contributed by atoms with E-state index < -0.39 is 0 Å². The Bertz CT molecular complexity index is 642. The predicted molar refractivity (Wildman–Crippen MR) is 104 cm³/mol. The maximum absolute atomic E-state index is 11.7. The largest absolute Gasteiger partial charge is 0.461 e. The highest BCUT2D eigenvalue weighted by molar-refractivity contribution is 5.71. The van der Waals surface area contributed by atoms with Crippen molar-refractivity contribution in [3.63, 3.8) is 0 Å². The fourth-order valence-electron chi connectivity index (χ4n) is 3.76. The van der Waals surface area contributed by atoms with Gasteiger partial charge in [0.25, 0.3) is 0 Å². The van der Waals surface area contributed by atoms with Crippen LogP contribution in [-0.4, -0.2) is 23.0 Å². The molecule has 1 fully saturated rings. The lowest BCUT2D eigenvalue weighted by Gasteiger charge is -2.36. The topological polar surface area (TPSA) is 29.5 Å². The Balaban J connectivity index is 1.85. The van der Waals surface area contributed by atoms with Crippen molar-refractivity contribution in [1.82, 2.24) is 4.90 Å². The van der Waals surface area contributed by atoms with E-state index in [0.717, 1.165) is 25.9 Å². The summed E-state index contributed by atoms with van der Waals surface area (Å²) in [6.45, 7) is 6.21. The molecular formula is C23H29NO2. The summed E-state index contributed by atoms with van der Waals surface area (Å²) in [5, 5.41) is 0. The normalized spacial score (nSPS) is 18.3. The first-order valence-electron chi connectivity index (χ1n) is 9.63. The first kappa shape index (κ1) is 18.7. The van der Waals surface area contributed by atoms with Crippen molar-refractivity contribution in [2.45, 2.75) is 58.3 Å². The molecule has 3 rings (SSSR count). The predicted octanol–water partition coefficient (Wildman–Crippen LogP) is 4.81. The van der Waals surface area contributed by atoms with Crippen LogP contribution < -0.4 is 0 Å². The Morgan fingerprint density at radius 2 is 1.50 bits per heavy atom. The summed E-state index contributed by atoms with van der Waals surface area (Å²) < 4.78 is 5.70. The van der Waals surface area contributed by atoms with Crippen LogP contribution in [0.5, 0.6) is 0 Å². The summed E-state index contributed by atoms with van der Waals surface area (Å²) in [7, 11) is 0. The van der Waals surface area contributed by atoms with E-state index in [1.54, 1.807) is 0 Å². The number of cyclic esters (lactones) is 1. The number of nitrogens with zero attached hydrogens (tertiary/aromatic N) is 1. The number of hydrogen-bond donors (Lipinski definition) is 0. The van der Waals surface area contributed by atoms with Gasteiger partial charge >= 0.3 is 5.97 Å². The van der Waals surface area contributed by atoms with Gasteiger partial charge in [-0.15, -0.1) is 0 Å². The van der Waals surface area contributed by atoms with E-state index in [1.807, 2.05) is 0 Å². The van der Waals surface area contributed by atoms with Crippen molar-refractivity contribution in [2.75, 3.05) is 0 Å². The Morgan fingerprint density at radius 1 is 0.962 bits per heavy atom. The number of carbonyl (C=O) groups is 1. The third-order valence-electron chi connectivity index (χ3n) is 4.98. The summed E-state index contributed by atoms with van der Waals surface area (Å²) in [6, 6.07) is 21.4. The van der Waals surface area contributed by atoms with Crippen molar-refractivity contribution >= 4 is 5.97 Å². The van der Waals surface area contributed by atoms with Crippen LogP contribution in [0.2, 0.25) is 0 Å². The van der Waals surface area contributed by atoms with Crippen LogP contribution in [0.3, 0.4) is 0 Å². The molecule has 3 heteroatoms. The van der Waals surface area contributed by atoms with Crippen molar-refractivity contribution in [1.29, 1.82) is 0 Å². The maximum Gasteiger partial charge on any atom is 0.306 e. The third-order valence-corrected chi connectivity index (χ3v) is 4.98. The average molecular weight is 351 g/mol. The fourth-order valence-corrected chi connectivity index (χ4v) is 3.76. The molecular weight excluding hydrogens is 322 g/mol. The van der Waals surface area contributed by atoms with Crippen LogP contribution in [0.25, 0.3) is 0 Å². The van der Waals surface area contributed by atoms with Crippen LogP contribution in [0.4, 0.5) is 0 Å². The minimum atomic E-state index is -0.0527. The van der Waals surface area contributed by atoms with Crippen molar-refractivity contribution in [2.24, 2.45) is 5.92 Å². The van der Waals surface area contributed by atoms with Gasteiger partial charge in [-0.1, -0.05) is 74.5 Å². The molecule has 0 bridgehead atoms. The van der Waals surface area contributed by atoms with E-state index in [0.29, 0.717) is 12.3 Å². The van der Waals surface area contributed by atoms with Crippen LogP contribution in [-0.2, 0) is 22.6 Å². The number of esters is 1. The van der Waals surface area contributed by atoms with Crippen LogP contribution >= 0.6 is 0 Å². The van der Waals surface area contributed by atoms with Crippen LogP contribution in [0.1, 0.15) is 44.2 Å². The molecule has 2 atom stereocenters. The Morgan fingerprint density at radius 3 is 1.92 bits per heavy atom. The molecule has 0 N–H and O–H groups in total. The second-order valence-electron chi connectivity index (χ2n) is 7.64. The second-order valence-corrected chi connectivity index (χ2v) is 7.64. The Labute approximate surface area is 157 Å². The molecule has 1 aliphatic heterocycles. The van der Waals surface area contributed by atoms with E-state index in [2.05, 4.69) is 79.4 Å². The summed E-state index contributed by atoms with van der Waals surface area (Å²) in [5.74, 6) is 0.497. The third kappa shape index (κ3) is 5.18. The van der Waals surface area contributed by atoms with Gasteiger partial charge in [-0.3, -0.25) is 9.69 Å². The van der Waals surface area contributed by atoms with Crippen LogP contribution in [0, 0.1) is 5.92 Å². The summed E-state index contributed by atoms with van der Waals surface area (Å²) >= 11 is 0. The van der Waals surface area contributed by atoms with Crippen molar-refractivity contribution in [3.05, 3.63) is 71.8 Å². The standard InChI is InChI=1S/C23H29NO2/c1-18(2)15-21(22-13-14-23(25)26-22)24(16-19-9-5-3-6-10-19)17-20-11-7-4-8-12-20/h3-12,18,21-22H,13-17H2,1-2H3. The van der Waals surface area contributed by atoms with Gasteiger partial charge in [0.2, 0.25) is 0 Å². The number of carbonyl (C=O) groups excluding carboxylic acids is 1.